The van der Waals surface area contributed by atoms with Crippen LogP contribution in [0.25, 0.3) is 0 Å². The van der Waals surface area contributed by atoms with E-state index >= 15 is 0 Å². The first-order valence-corrected chi connectivity index (χ1v) is 11.8. The Morgan fingerprint density at radius 2 is 1.50 bits per heavy atom. The van der Waals surface area contributed by atoms with Crippen LogP contribution in [0, 0.1) is 0 Å². The Morgan fingerprint density at radius 3 is 2.06 bits per heavy atom. The highest BCUT2D eigenvalue weighted by Gasteiger charge is 2.48. The molecule has 0 aliphatic carbocycles. The maximum absolute atomic E-state index is 12.8. The molecule has 0 radical (unpaired) electrons. The van der Waals surface area contributed by atoms with Gasteiger partial charge in [-0.15, -0.1) is 0 Å². The molecule has 1 atom stereocenters. The number of carbonyl (C=O) groups excluding carboxylic acids is 2. The van der Waals surface area contributed by atoms with Gasteiger partial charge in [-0.3, -0.25) is 14.5 Å². The first-order chi connectivity index (χ1) is 16.1. The van der Waals surface area contributed by atoms with Crippen LogP contribution < -0.4 is 0 Å². The summed E-state index contributed by atoms with van der Waals surface area (Å²) in [5, 5.41) is 7.12. The highest BCUT2D eigenvalue weighted by atomic mass is 19.4. The molecule has 0 saturated carbocycles. The summed E-state index contributed by atoms with van der Waals surface area (Å²) >= 11 is 0. The number of aryl methyl sites for hydroxylation is 1. The van der Waals surface area contributed by atoms with E-state index in [0.29, 0.717) is 13.0 Å². The van der Waals surface area contributed by atoms with Crippen molar-refractivity contribution in [2.75, 3.05) is 39.3 Å². The summed E-state index contributed by atoms with van der Waals surface area (Å²) in [6.07, 6.45) is 1.85. The van der Waals surface area contributed by atoms with Gasteiger partial charge in [0.15, 0.2) is 0 Å². The monoisotopic (exact) mass is 483 g/mol. The molecule has 3 aliphatic heterocycles. The average Bonchev–Trinajstić information content (AvgIpc) is 3.36. The van der Waals surface area contributed by atoms with Crippen LogP contribution in [0.5, 0.6) is 0 Å². The molecule has 0 aromatic heterocycles. The lowest BCUT2D eigenvalue weighted by Gasteiger charge is -2.57. The average molecular weight is 484 g/mol. The zero-order valence-electron chi connectivity index (χ0n) is 19.2. The molecule has 1 N–H and O–H groups in total. The quantitative estimate of drug-likeness (QED) is 0.697. The maximum Gasteiger partial charge on any atom is 0.490 e. The van der Waals surface area contributed by atoms with Crippen molar-refractivity contribution in [3.05, 3.63) is 35.9 Å². The molecular weight excluding hydrogens is 451 g/mol. The molecule has 0 bridgehead atoms. The van der Waals surface area contributed by atoms with Gasteiger partial charge in [0.1, 0.15) is 0 Å². The molecule has 3 saturated heterocycles. The van der Waals surface area contributed by atoms with Crippen molar-refractivity contribution in [3.8, 4) is 0 Å². The van der Waals surface area contributed by atoms with E-state index in [0.717, 1.165) is 71.2 Å². The second-order valence-corrected chi connectivity index (χ2v) is 9.19. The number of aliphatic carboxylic acids is 1. The summed E-state index contributed by atoms with van der Waals surface area (Å²) in [6, 6.07) is 10.2. The number of likely N-dealkylation sites (tertiary alicyclic amines) is 3. The molecule has 188 valence electrons. The Labute approximate surface area is 197 Å². The zero-order chi connectivity index (χ0) is 24.8. The van der Waals surface area contributed by atoms with E-state index in [4.69, 9.17) is 9.90 Å². The predicted molar refractivity (Wildman–Crippen MR) is 119 cm³/mol. The predicted octanol–water partition coefficient (Wildman–Crippen LogP) is 2.94. The SMILES string of the molecule is O=C(CN1CCC12CCCN(C(=O)CCc1ccccc1)C2)N1CCCC1.O=C(O)C(F)(F)F. The third-order valence-electron chi connectivity index (χ3n) is 6.92. The number of nitrogens with zero attached hydrogens (tertiary/aromatic N) is 3. The number of carboxylic acid groups (broad SMARTS) is 1. The van der Waals surface area contributed by atoms with Crippen LogP contribution in [-0.4, -0.2) is 88.6 Å². The van der Waals surface area contributed by atoms with E-state index in [1.807, 2.05) is 23.1 Å². The number of carbonyl (C=O) groups is 3. The lowest BCUT2D eigenvalue weighted by atomic mass is 9.77. The minimum atomic E-state index is -5.08. The minimum absolute atomic E-state index is 0.0516. The Morgan fingerprint density at radius 1 is 0.882 bits per heavy atom. The van der Waals surface area contributed by atoms with E-state index < -0.39 is 12.1 Å². The van der Waals surface area contributed by atoms with Crippen molar-refractivity contribution in [2.24, 2.45) is 0 Å². The number of hydrogen-bond donors (Lipinski definition) is 1. The number of halogens is 3. The van der Waals surface area contributed by atoms with Gasteiger partial charge in [0.25, 0.3) is 0 Å². The maximum atomic E-state index is 12.8. The summed E-state index contributed by atoms with van der Waals surface area (Å²) < 4.78 is 31.7. The van der Waals surface area contributed by atoms with Crippen LogP contribution in [0.3, 0.4) is 0 Å². The molecule has 4 rings (SSSR count). The van der Waals surface area contributed by atoms with E-state index in [1.165, 1.54) is 5.56 Å². The molecule has 1 aromatic rings. The third-order valence-corrected chi connectivity index (χ3v) is 6.92. The normalized spacial score (nSPS) is 22.7. The van der Waals surface area contributed by atoms with Crippen LogP contribution in [0.1, 0.15) is 44.1 Å². The third kappa shape index (κ3) is 6.71. The van der Waals surface area contributed by atoms with Crippen LogP contribution >= 0.6 is 0 Å². The van der Waals surface area contributed by atoms with Crippen LogP contribution in [0.15, 0.2) is 30.3 Å². The first-order valence-electron chi connectivity index (χ1n) is 11.8. The molecular formula is C24H32F3N3O4. The summed E-state index contributed by atoms with van der Waals surface area (Å²) in [4.78, 5) is 40.6. The first kappa shape index (κ1) is 26.0. The standard InChI is InChI=1S/C22H31N3O2.C2HF3O2/c26-20(10-9-19-7-2-1-3-8-19)24-15-6-11-22(18-24)12-16-25(22)17-21(27)23-13-4-5-14-23;3-2(4,5)1(6)7/h1-3,7-8H,4-6,9-18H2;(H,6,7). The van der Waals surface area contributed by atoms with Gasteiger partial charge >= 0.3 is 12.1 Å². The second kappa shape index (κ2) is 11.2. The van der Waals surface area contributed by atoms with E-state index in [2.05, 4.69) is 21.9 Å². The molecule has 3 fully saturated rings. The van der Waals surface area contributed by atoms with Gasteiger partial charge in [-0.1, -0.05) is 30.3 Å². The number of piperidine rings is 1. The van der Waals surface area contributed by atoms with Crippen molar-refractivity contribution < 1.29 is 32.7 Å². The van der Waals surface area contributed by atoms with Gasteiger partial charge in [-0.2, -0.15) is 13.2 Å². The van der Waals surface area contributed by atoms with Gasteiger partial charge in [-0.05, 0) is 44.1 Å². The van der Waals surface area contributed by atoms with Gasteiger partial charge in [0.05, 0.1) is 6.54 Å². The number of carboxylic acids is 1. The number of amides is 2. The Bertz CT molecular complexity index is 859. The Hall–Kier alpha value is -2.62. The minimum Gasteiger partial charge on any atom is -0.475 e. The largest absolute Gasteiger partial charge is 0.490 e. The lowest BCUT2D eigenvalue weighted by Crippen LogP contribution is -2.68. The second-order valence-electron chi connectivity index (χ2n) is 9.19. The number of benzene rings is 1. The molecule has 7 nitrogen and oxygen atoms in total. The van der Waals surface area contributed by atoms with Crippen LogP contribution in [-0.2, 0) is 20.8 Å². The fourth-order valence-corrected chi connectivity index (χ4v) is 4.90. The van der Waals surface area contributed by atoms with E-state index in [-0.39, 0.29) is 17.4 Å². The molecule has 3 heterocycles. The van der Waals surface area contributed by atoms with Gasteiger partial charge < -0.3 is 14.9 Å². The lowest BCUT2D eigenvalue weighted by molar-refractivity contribution is -0.192. The topological polar surface area (TPSA) is 81.2 Å². The van der Waals surface area contributed by atoms with Crippen LogP contribution in [0.2, 0.25) is 0 Å². The Kier molecular flexibility index (Phi) is 8.57. The molecule has 34 heavy (non-hydrogen) atoms. The zero-order valence-corrected chi connectivity index (χ0v) is 19.2. The fraction of sp³-hybridized carbons (Fsp3) is 0.625. The molecule has 3 aliphatic rings. The highest BCUT2D eigenvalue weighted by molar-refractivity contribution is 5.79. The van der Waals surface area contributed by atoms with E-state index in [1.54, 1.807) is 0 Å². The van der Waals surface area contributed by atoms with Gasteiger partial charge in [-0.25, -0.2) is 4.79 Å². The van der Waals surface area contributed by atoms with Crippen LogP contribution in [0.4, 0.5) is 13.2 Å². The summed E-state index contributed by atoms with van der Waals surface area (Å²) in [7, 11) is 0. The number of rotatable bonds is 5. The van der Waals surface area contributed by atoms with Crippen molar-refractivity contribution in [2.45, 2.75) is 56.7 Å². The van der Waals surface area contributed by atoms with Gasteiger partial charge in [0, 0.05) is 44.7 Å². The van der Waals surface area contributed by atoms with Crippen molar-refractivity contribution in [3.63, 3.8) is 0 Å². The van der Waals surface area contributed by atoms with E-state index in [9.17, 15) is 22.8 Å². The fourth-order valence-electron chi connectivity index (χ4n) is 4.90. The highest BCUT2D eigenvalue weighted by Crippen LogP contribution is 2.38. The molecule has 1 aromatic carbocycles. The van der Waals surface area contributed by atoms with Crippen molar-refractivity contribution in [1.82, 2.24) is 14.7 Å². The van der Waals surface area contributed by atoms with Crippen molar-refractivity contribution >= 4 is 17.8 Å². The summed E-state index contributed by atoms with van der Waals surface area (Å²) in [6.45, 7) is 5.03. The van der Waals surface area contributed by atoms with Crippen molar-refractivity contribution in [1.29, 1.82) is 0 Å². The Balaban J connectivity index is 0.000000406. The summed E-state index contributed by atoms with van der Waals surface area (Å²) in [5.74, 6) is -2.22. The van der Waals surface area contributed by atoms with Gasteiger partial charge in [0.2, 0.25) is 11.8 Å². The molecule has 1 unspecified atom stereocenters. The number of alkyl halides is 3. The molecule has 2 amide bonds. The molecule has 1 spiro atoms. The number of hydrogen-bond acceptors (Lipinski definition) is 4. The summed E-state index contributed by atoms with van der Waals surface area (Å²) in [5.41, 5.74) is 1.27. The molecule has 10 heteroatoms. The smallest absolute Gasteiger partial charge is 0.475 e.